The molecule has 1 aromatic carbocycles. The highest BCUT2D eigenvalue weighted by Crippen LogP contribution is 2.28. The van der Waals surface area contributed by atoms with Crippen molar-refractivity contribution in [1.29, 1.82) is 0 Å². The van der Waals surface area contributed by atoms with Gasteiger partial charge in [0.05, 0.1) is 10.6 Å². The number of oxime groups is 1. The molecule has 0 amide bonds. The first-order valence-electron chi connectivity index (χ1n) is 9.89. The normalized spacial score (nSPS) is 14.8. The Morgan fingerprint density at radius 1 is 1.14 bits per heavy atom. The van der Waals surface area contributed by atoms with Crippen molar-refractivity contribution in [1.82, 2.24) is 9.97 Å². The van der Waals surface area contributed by atoms with Crippen LogP contribution < -0.4 is 10.6 Å². The summed E-state index contributed by atoms with van der Waals surface area (Å²) in [5, 5.41) is 5.06. The summed E-state index contributed by atoms with van der Waals surface area (Å²) in [6.45, 7) is 4.46. The number of anilines is 1. The second-order valence-corrected chi connectivity index (χ2v) is 8.18. The first kappa shape index (κ1) is 19.4. The van der Waals surface area contributed by atoms with Crippen LogP contribution in [0.5, 0.6) is 0 Å². The predicted octanol–water partition coefficient (Wildman–Crippen LogP) is 4.34. The molecule has 3 heterocycles. The summed E-state index contributed by atoms with van der Waals surface area (Å²) in [6, 6.07) is 14.1. The summed E-state index contributed by atoms with van der Waals surface area (Å²) < 4.78 is 0. The van der Waals surface area contributed by atoms with Crippen molar-refractivity contribution < 1.29 is 4.84 Å². The Bertz CT molecular complexity index is 963. The predicted molar refractivity (Wildman–Crippen MR) is 118 cm³/mol. The Labute approximate surface area is 175 Å². The van der Waals surface area contributed by atoms with Gasteiger partial charge in [0.1, 0.15) is 10.8 Å². The molecular formula is C22H25N5OS. The van der Waals surface area contributed by atoms with Crippen molar-refractivity contribution in [3.63, 3.8) is 0 Å². The van der Waals surface area contributed by atoms with Crippen LogP contribution in [-0.2, 0) is 11.4 Å². The highest BCUT2D eigenvalue weighted by atomic mass is 32.1. The Kier molecular flexibility index (Phi) is 6.05. The Hall–Kier alpha value is -2.93. The molecule has 7 heteroatoms. The molecule has 0 atom stereocenters. The van der Waals surface area contributed by atoms with Gasteiger partial charge >= 0.3 is 0 Å². The molecule has 1 aliphatic heterocycles. The number of rotatable bonds is 6. The Balaban J connectivity index is 1.37. The fourth-order valence-electron chi connectivity index (χ4n) is 3.33. The lowest BCUT2D eigenvalue weighted by Gasteiger charge is -2.27. The van der Waals surface area contributed by atoms with Gasteiger partial charge in [-0.2, -0.15) is 0 Å². The molecule has 3 aromatic rings. The van der Waals surface area contributed by atoms with Gasteiger partial charge in [0.25, 0.3) is 0 Å². The minimum absolute atomic E-state index is 0.327. The van der Waals surface area contributed by atoms with Crippen LogP contribution in [0, 0.1) is 6.92 Å². The lowest BCUT2D eigenvalue weighted by molar-refractivity contribution is 0.132. The number of pyridine rings is 1. The molecule has 6 nitrogen and oxygen atoms in total. The van der Waals surface area contributed by atoms with Crippen molar-refractivity contribution in [3.05, 3.63) is 64.8 Å². The smallest absolute Gasteiger partial charge is 0.171 e. The van der Waals surface area contributed by atoms with Crippen LogP contribution in [-0.4, -0.2) is 28.9 Å². The van der Waals surface area contributed by atoms with Crippen molar-refractivity contribution in [3.8, 4) is 10.6 Å². The summed E-state index contributed by atoms with van der Waals surface area (Å²) >= 11 is 1.61. The van der Waals surface area contributed by atoms with E-state index in [1.807, 2.05) is 37.3 Å². The van der Waals surface area contributed by atoms with Crippen LogP contribution in [0.1, 0.15) is 35.4 Å². The van der Waals surface area contributed by atoms with E-state index in [1.54, 1.807) is 17.5 Å². The van der Waals surface area contributed by atoms with Gasteiger partial charge in [-0.15, -0.1) is 11.3 Å². The fourth-order valence-corrected chi connectivity index (χ4v) is 4.30. The summed E-state index contributed by atoms with van der Waals surface area (Å²) in [5.74, 6) is 1.32. The average Bonchev–Trinajstić information content (AvgIpc) is 3.15. The van der Waals surface area contributed by atoms with E-state index in [-0.39, 0.29) is 0 Å². The largest absolute Gasteiger partial charge is 0.388 e. The first-order valence-corrected chi connectivity index (χ1v) is 10.7. The lowest BCUT2D eigenvalue weighted by atomic mass is 10.1. The van der Waals surface area contributed by atoms with E-state index in [4.69, 9.17) is 10.6 Å². The maximum atomic E-state index is 6.08. The summed E-state index contributed by atoms with van der Waals surface area (Å²) in [7, 11) is 0. The molecule has 0 radical (unpaired) electrons. The van der Waals surface area contributed by atoms with E-state index in [2.05, 4.69) is 32.2 Å². The molecule has 0 bridgehead atoms. The number of thiazole rings is 1. The van der Waals surface area contributed by atoms with Gasteiger partial charge in [0.15, 0.2) is 12.4 Å². The fraction of sp³-hybridized carbons (Fsp3) is 0.318. The quantitative estimate of drug-likeness (QED) is 0.374. The average molecular weight is 408 g/mol. The van der Waals surface area contributed by atoms with Gasteiger partial charge < -0.3 is 15.5 Å². The molecule has 4 rings (SSSR count). The Morgan fingerprint density at radius 3 is 2.66 bits per heavy atom. The van der Waals surface area contributed by atoms with Crippen molar-refractivity contribution in [2.75, 3.05) is 18.0 Å². The number of nitrogens with zero attached hydrogens (tertiary/aromatic N) is 4. The van der Waals surface area contributed by atoms with Crippen LogP contribution in [0.4, 0.5) is 5.82 Å². The van der Waals surface area contributed by atoms with E-state index in [0.717, 1.165) is 45.6 Å². The van der Waals surface area contributed by atoms with Gasteiger partial charge in [0.2, 0.25) is 0 Å². The maximum Gasteiger partial charge on any atom is 0.171 e. The topological polar surface area (TPSA) is 76.6 Å². The standard InChI is InChI=1S/C22H25N5OS/c1-16-19(29-22(25-16)17-8-4-2-5-9-17)15-28-26-21(23)18-10-11-20(24-14-18)27-12-6-3-7-13-27/h2,4-5,8-11,14H,3,6-7,12-13,15H2,1H3,(H2,23,26). The summed E-state index contributed by atoms with van der Waals surface area (Å²) in [4.78, 5) is 18.0. The molecule has 0 saturated carbocycles. The van der Waals surface area contributed by atoms with Crippen LogP contribution in [0.3, 0.4) is 0 Å². The van der Waals surface area contributed by atoms with Crippen molar-refractivity contribution >= 4 is 23.0 Å². The number of aromatic nitrogens is 2. The number of piperidine rings is 1. The second-order valence-electron chi connectivity index (χ2n) is 7.10. The number of aryl methyl sites for hydroxylation is 1. The molecular weight excluding hydrogens is 382 g/mol. The number of hydrogen-bond acceptors (Lipinski definition) is 6. The minimum Gasteiger partial charge on any atom is -0.388 e. The molecule has 1 aliphatic rings. The molecule has 150 valence electrons. The van der Waals surface area contributed by atoms with Crippen LogP contribution in [0.15, 0.2) is 53.8 Å². The third-order valence-electron chi connectivity index (χ3n) is 5.00. The number of benzene rings is 1. The molecule has 1 fully saturated rings. The van der Waals surface area contributed by atoms with E-state index in [1.165, 1.54) is 19.3 Å². The molecule has 2 N–H and O–H groups in total. The zero-order chi connectivity index (χ0) is 20.1. The lowest BCUT2D eigenvalue weighted by Crippen LogP contribution is -2.30. The van der Waals surface area contributed by atoms with Gasteiger partial charge in [-0.25, -0.2) is 9.97 Å². The molecule has 29 heavy (non-hydrogen) atoms. The van der Waals surface area contributed by atoms with Crippen LogP contribution in [0.25, 0.3) is 10.6 Å². The van der Waals surface area contributed by atoms with Crippen molar-refractivity contribution in [2.45, 2.75) is 32.8 Å². The maximum absolute atomic E-state index is 6.08. The summed E-state index contributed by atoms with van der Waals surface area (Å²) in [6.07, 6.45) is 5.52. The molecule has 1 saturated heterocycles. The zero-order valence-electron chi connectivity index (χ0n) is 16.5. The van der Waals surface area contributed by atoms with Crippen LogP contribution >= 0.6 is 11.3 Å². The number of nitrogens with two attached hydrogens (primary N) is 1. The van der Waals surface area contributed by atoms with Gasteiger partial charge in [-0.1, -0.05) is 35.5 Å². The molecule has 0 aliphatic carbocycles. The zero-order valence-corrected chi connectivity index (χ0v) is 17.4. The third-order valence-corrected chi connectivity index (χ3v) is 6.18. The highest BCUT2D eigenvalue weighted by Gasteiger charge is 2.13. The van der Waals surface area contributed by atoms with Gasteiger partial charge in [-0.05, 0) is 38.3 Å². The van der Waals surface area contributed by atoms with Gasteiger partial charge in [-0.3, -0.25) is 0 Å². The number of hydrogen-bond donors (Lipinski definition) is 1. The highest BCUT2D eigenvalue weighted by molar-refractivity contribution is 7.15. The SMILES string of the molecule is Cc1nc(-c2ccccc2)sc1CO/N=C(/N)c1ccc(N2CCCCC2)nc1. The van der Waals surface area contributed by atoms with Crippen molar-refractivity contribution in [2.24, 2.45) is 10.9 Å². The van der Waals surface area contributed by atoms with Gasteiger partial charge in [0, 0.05) is 30.4 Å². The van der Waals surface area contributed by atoms with E-state index in [0.29, 0.717) is 12.4 Å². The Morgan fingerprint density at radius 2 is 1.93 bits per heavy atom. The molecule has 0 spiro atoms. The minimum atomic E-state index is 0.327. The summed E-state index contributed by atoms with van der Waals surface area (Å²) in [5.41, 5.74) is 8.90. The molecule has 0 unspecified atom stereocenters. The first-order chi connectivity index (χ1) is 14.2. The second kappa shape index (κ2) is 9.05. The van der Waals surface area contributed by atoms with E-state index in [9.17, 15) is 0 Å². The van der Waals surface area contributed by atoms with E-state index < -0.39 is 0 Å². The third kappa shape index (κ3) is 4.74. The van der Waals surface area contributed by atoms with E-state index >= 15 is 0 Å². The van der Waals surface area contributed by atoms with Crippen LogP contribution in [0.2, 0.25) is 0 Å². The molecule has 2 aromatic heterocycles. The monoisotopic (exact) mass is 407 g/mol. The number of amidine groups is 1.